The third-order valence-electron chi connectivity index (χ3n) is 10.7. The second-order valence-corrected chi connectivity index (χ2v) is 31.3. The lowest BCUT2D eigenvalue weighted by atomic mass is 9.82. The Hall–Kier alpha value is 1.23. The number of hydrogen-bond donors (Lipinski definition) is 0. The molecule has 0 spiro atoms. The van der Waals surface area contributed by atoms with E-state index in [0.29, 0.717) is 25.0 Å². The van der Waals surface area contributed by atoms with Gasteiger partial charge in [-0.05, 0) is 59.4 Å². The number of thioether (sulfide) groups is 12. The van der Waals surface area contributed by atoms with Crippen LogP contribution in [0.15, 0.2) is 95.1 Å². The van der Waals surface area contributed by atoms with Crippen molar-refractivity contribution >= 4 is 154 Å². The third-order valence-corrected chi connectivity index (χ3v) is 30.4. The zero-order valence-corrected chi connectivity index (χ0v) is 44.7. The van der Waals surface area contributed by atoms with Gasteiger partial charge in [-0.15, -0.1) is 23.5 Å². The van der Waals surface area contributed by atoms with Crippen molar-refractivity contribution in [1.29, 1.82) is 0 Å². The van der Waals surface area contributed by atoms with Crippen LogP contribution < -0.4 is 0 Å². The first kappa shape index (κ1) is 46.7. The van der Waals surface area contributed by atoms with Gasteiger partial charge in [-0.2, -0.15) is 0 Å². The van der Waals surface area contributed by atoms with Crippen LogP contribution in [0.3, 0.4) is 0 Å². The lowest BCUT2D eigenvalue weighted by Crippen LogP contribution is -2.20. The molecule has 6 aliphatic rings. The van der Waals surface area contributed by atoms with Crippen molar-refractivity contribution in [1.82, 2.24) is 0 Å². The average molecular weight is 1030 g/mol. The molecule has 0 radical (unpaired) electrons. The van der Waals surface area contributed by atoms with Crippen LogP contribution in [0.5, 0.6) is 0 Å². The lowest BCUT2D eigenvalue weighted by molar-refractivity contribution is 0.147. The summed E-state index contributed by atoms with van der Waals surface area (Å²) in [7, 11) is -3.66. The molecule has 316 valence electrons. The molecule has 3 nitrogen and oxygen atoms in total. The van der Waals surface area contributed by atoms with E-state index in [0.717, 1.165) is 73.6 Å². The van der Waals surface area contributed by atoms with Gasteiger partial charge in [0, 0.05) is 5.57 Å². The lowest BCUT2D eigenvalue weighted by Gasteiger charge is -2.36. The quantitative estimate of drug-likeness (QED) is 0.141. The van der Waals surface area contributed by atoms with Crippen LogP contribution in [0.2, 0.25) is 0 Å². The average Bonchev–Trinajstić information content (AvgIpc) is 4.09. The van der Waals surface area contributed by atoms with E-state index in [-0.39, 0.29) is 0 Å². The molecule has 8 rings (SSSR count). The van der Waals surface area contributed by atoms with Gasteiger partial charge < -0.3 is 9.05 Å². The van der Waals surface area contributed by atoms with Crippen LogP contribution in [0.4, 0.5) is 0 Å². The summed E-state index contributed by atoms with van der Waals surface area (Å²) in [5.74, 6) is 0.713. The Bertz CT molecular complexity index is 2060. The maximum Gasteiger partial charge on any atom is 0.342 e. The molecule has 5 aliphatic heterocycles. The minimum Gasteiger partial charge on any atom is -0.308 e. The molecule has 0 bridgehead atoms. The molecular formula is C43H49O3PS12. The molecule has 2 unspecified atom stereocenters. The Labute approximate surface area is 403 Å². The predicted octanol–water partition coefficient (Wildman–Crippen LogP) is 19.2. The minimum absolute atomic E-state index is 0.356. The Balaban J connectivity index is 1.03. The molecule has 0 saturated heterocycles. The molecule has 2 aromatic rings. The van der Waals surface area contributed by atoms with E-state index in [2.05, 4.69) is 88.7 Å². The molecule has 0 fully saturated rings. The van der Waals surface area contributed by atoms with Crippen molar-refractivity contribution < 1.29 is 13.6 Å². The molecular weight excluding hydrogens is 980 g/mol. The van der Waals surface area contributed by atoms with Crippen molar-refractivity contribution in [3.8, 4) is 0 Å². The number of benzene rings is 2. The van der Waals surface area contributed by atoms with Gasteiger partial charge in [0.1, 0.15) is 5.66 Å². The highest BCUT2D eigenvalue weighted by Gasteiger charge is 2.46. The second kappa shape index (κ2) is 21.7. The summed E-state index contributed by atoms with van der Waals surface area (Å²) in [6.07, 6.45) is 13.1. The van der Waals surface area contributed by atoms with Gasteiger partial charge in [0.25, 0.3) is 0 Å². The van der Waals surface area contributed by atoms with E-state index in [9.17, 15) is 0 Å². The molecule has 0 amide bonds. The first-order valence-corrected chi connectivity index (χ1v) is 32.4. The van der Waals surface area contributed by atoms with E-state index >= 15 is 4.57 Å². The number of fused-ring (bicyclic) bond motifs is 2. The molecule has 2 aromatic carbocycles. The Morgan fingerprint density at radius 2 is 0.898 bits per heavy atom. The zero-order chi connectivity index (χ0) is 41.1. The smallest absolute Gasteiger partial charge is 0.308 e. The van der Waals surface area contributed by atoms with Crippen molar-refractivity contribution in [3.05, 3.63) is 117 Å². The highest BCUT2D eigenvalue weighted by Crippen LogP contribution is 2.76. The van der Waals surface area contributed by atoms with Crippen molar-refractivity contribution in [2.45, 2.75) is 84.7 Å². The van der Waals surface area contributed by atoms with Gasteiger partial charge in [0.2, 0.25) is 0 Å². The molecule has 1 aliphatic carbocycles. The highest BCUT2D eigenvalue weighted by molar-refractivity contribution is 8.52. The number of unbranched alkanes of at least 4 members (excludes halogenated alkanes) is 2. The Morgan fingerprint density at radius 3 is 1.25 bits per heavy atom. The highest BCUT2D eigenvalue weighted by atomic mass is 32.3. The molecule has 5 heterocycles. The first-order valence-electron chi connectivity index (χ1n) is 20.2. The summed E-state index contributed by atoms with van der Waals surface area (Å²) in [5, 5.41) is 0. The second-order valence-electron chi connectivity index (χ2n) is 14.5. The van der Waals surface area contributed by atoms with Gasteiger partial charge in [-0.3, -0.25) is 4.57 Å². The fourth-order valence-corrected chi connectivity index (χ4v) is 28.1. The normalized spacial score (nSPS) is 22.2. The van der Waals surface area contributed by atoms with E-state index in [1.807, 2.05) is 141 Å². The van der Waals surface area contributed by atoms with Crippen LogP contribution in [0.1, 0.15) is 107 Å². The van der Waals surface area contributed by atoms with Crippen LogP contribution in [0, 0.1) is 11.8 Å². The van der Waals surface area contributed by atoms with E-state index < -0.39 is 13.3 Å². The van der Waals surface area contributed by atoms with Gasteiger partial charge >= 0.3 is 7.60 Å². The largest absolute Gasteiger partial charge is 0.342 e. The molecule has 16 heteroatoms. The third kappa shape index (κ3) is 10.3. The number of hydrogen-bond acceptors (Lipinski definition) is 15. The predicted molar refractivity (Wildman–Crippen MR) is 285 cm³/mol. The molecule has 2 atom stereocenters. The van der Waals surface area contributed by atoms with Crippen LogP contribution in [-0.4, -0.2) is 25.7 Å². The molecule has 0 N–H and O–H groups in total. The van der Waals surface area contributed by atoms with Crippen molar-refractivity contribution in [2.24, 2.45) is 11.8 Å². The van der Waals surface area contributed by atoms with Gasteiger partial charge in [-0.25, -0.2) is 0 Å². The standard InChI is InChI=1S/C43H49O3PS12/c1-7-11-17-25(9-3)23-45-47(44,46-24-26(10-4)18-12-8-2)32-29-21-15-13-19-27(29)31(28-20-14-16-22-30(28)32)33-50-36-37(51-33)55-40(54-36)41-58-42-43(59-41)57-39(56-42)38-52-34(48-5)35(49-6)53-38/h13-16,19-22,25-26,32H,7-12,17-18,23-24H2,1-6H3. The van der Waals surface area contributed by atoms with Gasteiger partial charge in [0.15, 0.2) is 0 Å². The Morgan fingerprint density at radius 1 is 0.542 bits per heavy atom. The van der Waals surface area contributed by atoms with Crippen molar-refractivity contribution in [3.63, 3.8) is 0 Å². The van der Waals surface area contributed by atoms with Gasteiger partial charge in [-0.1, -0.05) is 232 Å². The fraction of sp³-hybridized carbons (Fsp3) is 0.442. The summed E-state index contributed by atoms with van der Waals surface area (Å²) in [5.41, 5.74) is 5.17. The molecule has 0 saturated carbocycles. The summed E-state index contributed by atoms with van der Waals surface area (Å²) in [4.78, 5) is 0. The van der Waals surface area contributed by atoms with Crippen LogP contribution in [-0.2, 0) is 13.6 Å². The maximum absolute atomic E-state index is 15.7. The summed E-state index contributed by atoms with van der Waals surface area (Å²) in [6, 6.07) is 17.3. The summed E-state index contributed by atoms with van der Waals surface area (Å²) >= 11 is 23.2. The minimum atomic E-state index is -3.66. The van der Waals surface area contributed by atoms with Crippen LogP contribution >= 0.6 is 149 Å². The monoisotopic (exact) mass is 1030 g/mol. The molecule has 59 heavy (non-hydrogen) atoms. The van der Waals surface area contributed by atoms with Crippen LogP contribution in [0.25, 0.3) is 5.57 Å². The van der Waals surface area contributed by atoms with Gasteiger partial charge in [0.05, 0.1) is 59.8 Å². The van der Waals surface area contributed by atoms with E-state index in [1.54, 1.807) is 0 Å². The SMILES string of the molecule is CCCCC(CC)COP(=O)(OCC(CC)CCCC)C1c2ccccc2C(=C2SC3=C(SC(=C4SC5=C(SC(=C6SC(SC)=C(SC)S6)S5)S4)S3)S2)c2ccccc21. The van der Waals surface area contributed by atoms with E-state index in [4.69, 9.17) is 9.05 Å². The maximum atomic E-state index is 15.7. The summed E-state index contributed by atoms with van der Waals surface area (Å²) in [6.45, 7) is 9.85. The Kier molecular flexibility index (Phi) is 17.2. The van der Waals surface area contributed by atoms with E-state index in [1.165, 1.54) is 52.2 Å². The summed E-state index contributed by atoms with van der Waals surface area (Å²) < 4.78 is 44.8. The topological polar surface area (TPSA) is 35.5 Å². The van der Waals surface area contributed by atoms with Crippen molar-refractivity contribution in [2.75, 3.05) is 25.7 Å². The number of rotatable bonds is 17. The fourth-order valence-electron chi connectivity index (χ4n) is 7.33. The molecule has 0 aromatic heterocycles. The zero-order valence-electron chi connectivity index (χ0n) is 34.0. The first-order chi connectivity index (χ1) is 28.8.